The summed E-state index contributed by atoms with van der Waals surface area (Å²) in [7, 11) is 0. The van der Waals surface area contributed by atoms with E-state index in [4.69, 9.17) is 11.0 Å². The molecule has 1 aliphatic heterocycles. The fourth-order valence-electron chi connectivity index (χ4n) is 1.26. The number of hydrogen-bond acceptors (Lipinski definition) is 3. The van der Waals surface area contributed by atoms with Crippen LogP contribution in [-0.4, -0.2) is 5.71 Å². The molecular weight excluding hydrogens is 150 g/mol. The standard InChI is InChI=1S/C9H7N3/c10-5-8-3-6-1-2-7(11)4-9(6)12-8/h2-4H,1,11H2. The number of nitriles is 1. The molecule has 0 spiro atoms. The van der Waals surface area contributed by atoms with Crippen molar-refractivity contribution in [3.8, 4) is 6.07 Å². The van der Waals surface area contributed by atoms with E-state index < -0.39 is 0 Å². The normalized spacial score (nSPS) is 19.9. The quantitative estimate of drug-likeness (QED) is 0.570. The largest absolute Gasteiger partial charge is 0.399 e. The summed E-state index contributed by atoms with van der Waals surface area (Å²) in [5.74, 6) is 0. The summed E-state index contributed by atoms with van der Waals surface area (Å²) in [6.45, 7) is 0. The average Bonchev–Trinajstić information content (AvgIpc) is 2.46. The third-order valence-electron chi connectivity index (χ3n) is 1.86. The summed E-state index contributed by atoms with van der Waals surface area (Å²) < 4.78 is 0. The highest BCUT2D eigenvalue weighted by Gasteiger charge is 2.15. The second-order valence-corrected chi connectivity index (χ2v) is 2.72. The molecule has 0 bridgehead atoms. The Labute approximate surface area is 70.2 Å². The maximum atomic E-state index is 8.58. The van der Waals surface area contributed by atoms with Gasteiger partial charge in [-0.1, -0.05) is 6.08 Å². The van der Waals surface area contributed by atoms with E-state index in [1.54, 1.807) is 12.2 Å². The lowest BCUT2D eigenvalue weighted by molar-refractivity contribution is 1.13. The molecule has 3 nitrogen and oxygen atoms in total. The van der Waals surface area contributed by atoms with Crippen LogP contribution in [0.5, 0.6) is 0 Å². The maximum absolute atomic E-state index is 8.58. The minimum absolute atomic E-state index is 0.472. The molecule has 2 aliphatic rings. The molecular formula is C9H7N3. The molecule has 58 valence electrons. The van der Waals surface area contributed by atoms with E-state index in [9.17, 15) is 0 Å². The van der Waals surface area contributed by atoms with Gasteiger partial charge in [-0.15, -0.1) is 0 Å². The lowest BCUT2D eigenvalue weighted by Gasteiger charge is -2.06. The van der Waals surface area contributed by atoms with Crippen molar-refractivity contribution >= 4 is 5.71 Å². The summed E-state index contributed by atoms with van der Waals surface area (Å²) in [5, 5.41) is 8.58. The molecule has 2 rings (SSSR count). The van der Waals surface area contributed by atoms with Crippen molar-refractivity contribution in [3.63, 3.8) is 0 Å². The molecule has 0 aromatic rings. The Balaban J connectivity index is 2.42. The van der Waals surface area contributed by atoms with E-state index in [1.807, 2.05) is 12.1 Å². The lowest BCUT2D eigenvalue weighted by atomic mass is 10.0. The van der Waals surface area contributed by atoms with Crippen LogP contribution in [0.15, 0.2) is 40.2 Å². The van der Waals surface area contributed by atoms with Gasteiger partial charge in [-0.3, -0.25) is 0 Å². The van der Waals surface area contributed by atoms with Crippen molar-refractivity contribution in [2.24, 2.45) is 10.7 Å². The lowest BCUT2D eigenvalue weighted by Crippen LogP contribution is -1.99. The number of nitrogens with two attached hydrogens (primary N) is 1. The summed E-state index contributed by atoms with van der Waals surface area (Å²) in [4.78, 5) is 4.08. The summed E-state index contributed by atoms with van der Waals surface area (Å²) >= 11 is 0. The predicted octanol–water partition coefficient (Wildman–Crippen LogP) is 1.02. The molecule has 0 saturated heterocycles. The number of hydrogen-bond donors (Lipinski definition) is 1. The Morgan fingerprint density at radius 3 is 3.08 bits per heavy atom. The van der Waals surface area contributed by atoms with E-state index >= 15 is 0 Å². The summed E-state index contributed by atoms with van der Waals surface area (Å²) in [6, 6.07) is 2.00. The SMILES string of the molecule is N#CC1=NC2=CC(N)=CCC2=C1. The minimum Gasteiger partial charge on any atom is -0.399 e. The highest BCUT2D eigenvalue weighted by atomic mass is 14.8. The van der Waals surface area contributed by atoms with Crippen LogP contribution in [0.3, 0.4) is 0 Å². The monoisotopic (exact) mass is 157 g/mol. The van der Waals surface area contributed by atoms with Gasteiger partial charge >= 0.3 is 0 Å². The first kappa shape index (κ1) is 6.86. The highest BCUT2D eigenvalue weighted by molar-refractivity contribution is 6.10. The first-order chi connectivity index (χ1) is 5.79. The third kappa shape index (κ3) is 0.940. The van der Waals surface area contributed by atoms with E-state index in [-0.39, 0.29) is 0 Å². The molecule has 0 aromatic heterocycles. The predicted molar refractivity (Wildman–Crippen MR) is 46.1 cm³/mol. The molecule has 0 fully saturated rings. The maximum Gasteiger partial charge on any atom is 0.141 e. The Morgan fingerprint density at radius 1 is 1.50 bits per heavy atom. The van der Waals surface area contributed by atoms with Crippen LogP contribution in [0.1, 0.15) is 6.42 Å². The Bertz CT molecular complexity index is 388. The van der Waals surface area contributed by atoms with E-state index in [2.05, 4.69) is 4.99 Å². The second kappa shape index (κ2) is 2.35. The molecule has 0 unspecified atom stereocenters. The Hall–Kier alpha value is -1.82. The van der Waals surface area contributed by atoms with Gasteiger partial charge in [0, 0.05) is 5.70 Å². The Kier molecular flexibility index (Phi) is 1.34. The first-order valence-corrected chi connectivity index (χ1v) is 3.66. The third-order valence-corrected chi connectivity index (χ3v) is 1.86. The molecule has 1 aliphatic carbocycles. The molecule has 0 radical (unpaired) electrons. The van der Waals surface area contributed by atoms with Gasteiger partial charge in [0.15, 0.2) is 0 Å². The molecule has 3 heteroatoms. The second-order valence-electron chi connectivity index (χ2n) is 2.72. The smallest absolute Gasteiger partial charge is 0.141 e. The van der Waals surface area contributed by atoms with Crippen LogP contribution >= 0.6 is 0 Å². The zero-order chi connectivity index (χ0) is 8.55. The van der Waals surface area contributed by atoms with Crippen molar-refractivity contribution in [1.82, 2.24) is 0 Å². The van der Waals surface area contributed by atoms with Gasteiger partial charge in [-0.05, 0) is 24.1 Å². The molecule has 0 atom stereocenters. The van der Waals surface area contributed by atoms with Gasteiger partial charge in [0.05, 0.1) is 5.70 Å². The van der Waals surface area contributed by atoms with E-state index in [0.717, 1.165) is 23.4 Å². The fraction of sp³-hybridized carbons (Fsp3) is 0.111. The molecule has 2 N–H and O–H groups in total. The van der Waals surface area contributed by atoms with E-state index in [1.165, 1.54) is 0 Å². The van der Waals surface area contributed by atoms with Gasteiger partial charge in [0.2, 0.25) is 0 Å². The fourth-order valence-corrected chi connectivity index (χ4v) is 1.26. The van der Waals surface area contributed by atoms with Crippen LogP contribution in [0.4, 0.5) is 0 Å². The number of fused-ring (bicyclic) bond motifs is 1. The summed E-state index contributed by atoms with van der Waals surface area (Å²) in [6.07, 6.45) is 6.30. The van der Waals surface area contributed by atoms with Crippen LogP contribution in [0.25, 0.3) is 0 Å². The number of allylic oxidation sites excluding steroid dienone is 4. The van der Waals surface area contributed by atoms with Crippen molar-refractivity contribution in [3.05, 3.63) is 35.2 Å². The zero-order valence-electron chi connectivity index (χ0n) is 6.41. The number of nitrogens with zero attached hydrogens (tertiary/aromatic N) is 2. The molecule has 12 heavy (non-hydrogen) atoms. The van der Waals surface area contributed by atoms with Crippen LogP contribution < -0.4 is 5.73 Å². The van der Waals surface area contributed by atoms with Gasteiger partial charge in [-0.2, -0.15) is 5.26 Å². The number of aliphatic imine (C=N–C) groups is 1. The summed E-state index contributed by atoms with van der Waals surface area (Å²) in [5.41, 5.74) is 8.70. The zero-order valence-corrected chi connectivity index (χ0v) is 6.41. The van der Waals surface area contributed by atoms with Crippen molar-refractivity contribution in [2.45, 2.75) is 6.42 Å². The van der Waals surface area contributed by atoms with Crippen molar-refractivity contribution in [1.29, 1.82) is 5.26 Å². The van der Waals surface area contributed by atoms with Gasteiger partial charge < -0.3 is 5.73 Å². The average molecular weight is 157 g/mol. The molecule has 1 heterocycles. The molecule has 0 saturated carbocycles. The number of rotatable bonds is 0. The first-order valence-electron chi connectivity index (χ1n) is 3.66. The Morgan fingerprint density at radius 2 is 2.33 bits per heavy atom. The topological polar surface area (TPSA) is 62.2 Å². The van der Waals surface area contributed by atoms with E-state index in [0.29, 0.717) is 5.71 Å². The highest BCUT2D eigenvalue weighted by Crippen LogP contribution is 2.26. The van der Waals surface area contributed by atoms with Crippen LogP contribution in [0, 0.1) is 11.3 Å². The van der Waals surface area contributed by atoms with Gasteiger partial charge in [0.25, 0.3) is 0 Å². The van der Waals surface area contributed by atoms with Crippen molar-refractivity contribution < 1.29 is 0 Å². The van der Waals surface area contributed by atoms with Crippen LogP contribution in [0.2, 0.25) is 0 Å². The molecule has 0 aromatic carbocycles. The van der Waals surface area contributed by atoms with Gasteiger partial charge in [0.1, 0.15) is 11.8 Å². The minimum atomic E-state index is 0.472. The van der Waals surface area contributed by atoms with Crippen LogP contribution in [-0.2, 0) is 0 Å². The van der Waals surface area contributed by atoms with Gasteiger partial charge in [-0.25, -0.2) is 4.99 Å². The molecule has 0 amide bonds. The van der Waals surface area contributed by atoms with Crippen molar-refractivity contribution in [2.75, 3.05) is 0 Å².